The molecular weight excluding hydrogens is 296 g/mol. The fourth-order valence-electron chi connectivity index (χ4n) is 3.73. The monoisotopic (exact) mass is 318 g/mol. The molecule has 2 aliphatic rings. The van der Waals surface area contributed by atoms with Crippen LogP contribution in [0.5, 0.6) is 0 Å². The summed E-state index contributed by atoms with van der Waals surface area (Å²) in [5.74, 6) is 1.71. The van der Waals surface area contributed by atoms with Crippen molar-refractivity contribution < 1.29 is 4.42 Å². The zero-order chi connectivity index (χ0) is 15.0. The van der Waals surface area contributed by atoms with Crippen LogP contribution < -0.4 is 5.32 Å². The van der Waals surface area contributed by atoms with Crippen LogP contribution in [0, 0.1) is 12.3 Å². The molecule has 4 rings (SSSR count). The molecule has 1 unspecified atom stereocenters. The van der Waals surface area contributed by atoms with Crippen molar-refractivity contribution in [3.63, 3.8) is 0 Å². The van der Waals surface area contributed by atoms with Crippen LogP contribution in [0.1, 0.15) is 35.9 Å². The molecule has 1 spiro atoms. The molecule has 2 aromatic rings. The molecule has 1 saturated heterocycles. The highest BCUT2D eigenvalue weighted by Gasteiger charge is 2.56. The Labute approximate surface area is 134 Å². The standard InChI is InChI=1S/C16H22N4OS/c1-12-9-19-14(21-12)10-20(11-15-18-6-7-22-15)13-8-16(13)2-4-17-5-3-16/h6-7,9,13,17H,2-5,8,10-11H2,1H3. The van der Waals surface area contributed by atoms with Gasteiger partial charge in [-0.2, -0.15) is 0 Å². The molecule has 0 aromatic carbocycles. The fourth-order valence-corrected chi connectivity index (χ4v) is 4.37. The molecule has 1 aliphatic heterocycles. The first-order valence-corrected chi connectivity index (χ1v) is 8.88. The van der Waals surface area contributed by atoms with Crippen molar-refractivity contribution in [2.45, 2.75) is 45.3 Å². The highest BCUT2D eigenvalue weighted by molar-refractivity contribution is 7.09. The third kappa shape index (κ3) is 2.83. The second kappa shape index (κ2) is 5.76. The van der Waals surface area contributed by atoms with E-state index in [0.717, 1.165) is 37.8 Å². The second-order valence-corrected chi connectivity index (χ2v) is 7.51. The minimum atomic E-state index is 0.518. The average Bonchev–Trinajstić information content (AvgIpc) is 2.90. The van der Waals surface area contributed by atoms with E-state index in [2.05, 4.69) is 25.6 Å². The maximum Gasteiger partial charge on any atom is 0.208 e. The molecule has 1 N–H and O–H groups in total. The second-order valence-electron chi connectivity index (χ2n) is 6.53. The molecule has 6 heteroatoms. The normalized spacial score (nSPS) is 23.3. The lowest BCUT2D eigenvalue weighted by Crippen LogP contribution is -2.35. The summed E-state index contributed by atoms with van der Waals surface area (Å²) in [6.07, 6.45) is 7.58. The Hall–Kier alpha value is -1.24. The molecule has 0 bridgehead atoms. The molecule has 22 heavy (non-hydrogen) atoms. The Bertz CT molecular complexity index is 618. The predicted octanol–water partition coefficient (Wildman–Crippen LogP) is 2.58. The van der Waals surface area contributed by atoms with E-state index in [1.807, 2.05) is 19.3 Å². The molecular formula is C16H22N4OS. The Morgan fingerprint density at radius 1 is 1.36 bits per heavy atom. The van der Waals surface area contributed by atoms with E-state index >= 15 is 0 Å². The van der Waals surface area contributed by atoms with Crippen LogP contribution in [-0.4, -0.2) is 34.0 Å². The van der Waals surface area contributed by atoms with Gasteiger partial charge >= 0.3 is 0 Å². The Kier molecular flexibility index (Phi) is 3.76. The Balaban J connectivity index is 1.50. The van der Waals surface area contributed by atoms with Gasteiger partial charge in [-0.05, 0) is 44.7 Å². The van der Waals surface area contributed by atoms with E-state index in [1.54, 1.807) is 11.3 Å². The first-order chi connectivity index (χ1) is 10.8. The van der Waals surface area contributed by atoms with Crippen molar-refractivity contribution in [1.29, 1.82) is 0 Å². The van der Waals surface area contributed by atoms with E-state index in [1.165, 1.54) is 24.3 Å². The van der Waals surface area contributed by atoms with Crippen LogP contribution in [0.25, 0.3) is 0 Å². The van der Waals surface area contributed by atoms with Crippen LogP contribution in [0.3, 0.4) is 0 Å². The topological polar surface area (TPSA) is 54.2 Å². The summed E-state index contributed by atoms with van der Waals surface area (Å²) in [4.78, 5) is 11.4. The number of hydrogen-bond donors (Lipinski definition) is 1. The number of nitrogens with zero attached hydrogens (tertiary/aromatic N) is 3. The molecule has 2 aromatic heterocycles. The van der Waals surface area contributed by atoms with Crippen LogP contribution >= 0.6 is 11.3 Å². The van der Waals surface area contributed by atoms with Crippen molar-refractivity contribution >= 4 is 11.3 Å². The molecule has 0 radical (unpaired) electrons. The fraction of sp³-hybridized carbons (Fsp3) is 0.625. The SMILES string of the molecule is Cc1cnc(CN(Cc2nccs2)C2CC23CCNCC3)o1. The number of hydrogen-bond acceptors (Lipinski definition) is 6. The van der Waals surface area contributed by atoms with E-state index in [9.17, 15) is 0 Å². The van der Waals surface area contributed by atoms with Gasteiger partial charge in [-0.3, -0.25) is 4.90 Å². The maximum atomic E-state index is 5.70. The van der Waals surface area contributed by atoms with Crippen molar-refractivity contribution in [2.75, 3.05) is 13.1 Å². The van der Waals surface area contributed by atoms with Gasteiger partial charge in [0, 0.05) is 17.6 Å². The molecule has 1 atom stereocenters. The number of nitrogens with one attached hydrogen (secondary N) is 1. The van der Waals surface area contributed by atoms with Crippen LogP contribution in [0.2, 0.25) is 0 Å². The van der Waals surface area contributed by atoms with E-state index < -0.39 is 0 Å². The summed E-state index contributed by atoms with van der Waals surface area (Å²) >= 11 is 1.73. The van der Waals surface area contributed by atoms with E-state index in [0.29, 0.717) is 11.5 Å². The van der Waals surface area contributed by atoms with Crippen LogP contribution in [0.4, 0.5) is 0 Å². The number of rotatable bonds is 5. The highest BCUT2D eigenvalue weighted by Crippen LogP contribution is 2.56. The van der Waals surface area contributed by atoms with Crippen molar-refractivity contribution in [1.82, 2.24) is 20.2 Å². The summed E-state index contributed by atoms with van der Waals surface area (Å²) < 4.78 is 5.70. The van der Waals surface area contributed by atoms with Gasteiger partial charge < -0.3 is 9.73 Å². The van der Waals surface area contributed by atoms with Crippen molar-refractivity contribution in [2.24, 2.45) is 5.41 Å². The number of aryl methyl sites for hydroxylation is 1. The summed E-state index contributed by atoms with van der Waals surface area (Å²) in [7, 11) is 0. The summed E-state index contributed by atoms with van der Waals surface area (Å²) in [5.41, 5.74) is 0.518. The number of aromatic nitrogens is 2. The quantitative estimate of drug-likeness (QED) is 0.918. The maximum absolute atomic E-state index is 5.70. The van der Waals surface area contributed by atoms with Crippen LogP contribution in [-0.2, 0) is 13.1 Å². The molecule has 3 heterocycles. The summed E-state index contributed by atoms with van der Waals surface area (Å²) in [6, 6.07) is 0.644. The lowest BCUT2D eigenvalue weighted by molar-refractivity contribution is 0.172. The van der Waals surface area contributed by atoms with E-state index in [-0.39, 0.29) is 0 Å². The molecule has 1 aliphatic carbocycles. The van der Waals surface area contributed by atoms with Crippen molar-refractivity contribution in [3.05, 3.63) is 34.4 Å². The molecule has 0 amide bonds. The third-order valence-electron chi connectivity index (χ3n) is 5.02. The van der Waals surface area contributed by atoms with E-state index in [4.69, 9.17) is 4.42 Å². The van der Waals surface area contributed by atoms with Crippen molar-refractivity contribution in [3.8, 4) is 0 Å². The largest absolute Gasteiger partial charge is 0.445 e. The lowest BCUT2D eigenvalue weighted by Gasteiger charge is -2.28. The lowest BCUT2D eigenvalue weighted by atomic mass is 9.93. The average molecular weight is 318 g/mol. The van der Waals surface area contributed by atoms with Gasteiger partial charge in [0.15, 0.2) is 0 Å². The Morgan fingerprint density at radius 3 is 2.91 bits per heavy atom. The number of thiazole rings is 1. The summed E-state index contributed by atoms with van der Waals surface area (Å²) in [6.45, 7) is 5.94. The van der Waals surface area contributed by atoms with Gasteiger partial charge in [0.1, 0.15) is 10.8 Å². The third-order valence-corrected chi connectivity index (χ3v) is 5.78. The molecule has 2 fully saturated rings. The number of oxazole rings is 1. The van der Waals surface area contributed by atoms with Gasteiger partial charge in [0.2, 0.25) is 5.89 Å². The highest BCUT2D eigenvalue weighted by atomic mass is 32.1. The van der Waals surface area contributed by atoms with Gasteiger partial charge in [-0.15, -0.1) is 11.3 Å². The minimum Gasteiger partial charge on any atom is -0.445 e. The number of piperidine rings is 1. The van der Waals surface area contributed by atoms with Gasteiger partial charge in [-0.1, -0.05) is 0 Å². The zero-order valence-corrected chi connectivity index (χ0v) is 13.7. The molecule has 118 valence electrons. The first kappa shape index (κ1) is 14.4. The first-order valence-electron chi connectivity index (χ1n) is 8.00. The van der Waals surface area contributed by atoms with Gasteiger partial charge in [0.05, 0.1) is 19.3 Å². The van der Waals surface area contributed by atoms with Gasteiger partial charge in [0.25, 0.3) is 0 Å². The summed E-state index contributed by atoms with van der Waals surface area (Å²) in [5, 5.41) is 6.71. The Morgan fingerprint density at radius 2 is 2.23 bits per heavy atom. The molecule has 1 saturated carbocycles. The predicted molar refractivity (Wildman–Crippen MR) is 85.5 cm³/mol. The van der Waals surface area contributed by atoms with Crippen LogP contribution in [0.15, 0.2) is 22.2 Å². The minimum absolute atomic E-state index is 0.518. The van der Waals surface area contributed by atoms with Gasteiger partial charge in [-0.25, -0.2) is 9.97 Å². The smallest absolute Gasteiger partial charge is 0.208 e. The molecule has 5 nitrogen and oxygen atoms in total. The zero-order valence-electron chi connectivity index (χ0n) is 12.9.